The number of carbonyl (C=O) groups excluding carboxylic acids is 1. The third-order valence-electron chi connectivity index (χ3n) is 6.59. The zero-order chi connectivity index (χ0) is 24.4. The molecule has 10 nitrogen and oxygen atoms in total. The summed E-state index contributed by atoms with van der Waals surface area (Å²) in [4.78, 5) is 18.0. The summed E-state index contributed by atoms with van der Waals surface area (Å²) in [7, 11) is 3.23. The Morgan fingerprint density at radius 1 is 1.11 bits per heavy atom. The van der Waals surface area contributed by atoms with Gasteiger partial charge in [-0.25, -0.2) is 0 Å². The Bertz CT molecular complexity index is 1290. The molecule has 0 saturated carbocycles. The van der Waals surface area contributed by atoms with E-state index in [0.717, 1.165) is 29.1 Å². The number of nitrogens with one attached hydrogen (secondary N) is 1. The second-order valence-electron chi connectivity index (χ2n) is 8.62. The molecule has 2 aliphatic heterocycles. The molecule has 180 valence electrons. The first-order valence-corrected chi connectivity index (χ1v) is 11.3. The summed E-state index contributed by atoms with van der Waals surface area (Å²) < 4.78 is 18.4. The molecule has 0 aliphatic carbocycles. The van der Waals surface area contributed by atoms with E-state index in [0.29, 0.717) is 36.8 Å². The zero-order valence-electron chi connectivity index (χ0n) is 19.6. The Hall–Kier alpha value is -4.30. The summed E-state index contributed by atoms with van der Waals surface area (Å²) in [5, 5.41) is 7.08. The fraction of sp³-hybridized carbons (Fsp3) is 0.320. The van der Waals surface area contributed by atoms with Crippen molar-refractivity contribution in [3.8, 4) is 22.9 Å². The summed E-state index contributed by atoms with van der Waals surface area (Å²) in [6, 6.07) is 15.4. The molecule has 10 heteroatoms. The van der Waals surface area contributed by atoms with Gasteiger partial charge in [-0.15, -0.1) is 0 Å². The molecular formula is C25H26N6O4. The molecule has 3 heterocycles. The lowest BCUT2D eigenvalue weighted by Crippen LogP contribution is -2.51. The number of hydrogen-bond donors (Lipinski definition) is 1. The number of hydrogen-bond acceptors (Lipinski definition) is 6. The van der Waals surface area contributed by atoms with Gasteiger partial charge in [0.15, 0.2) is 6.73 Å². The number of aromatic nitrogens is 1. The van der Waals surface area contributed by atoms with Gasteiger partial charge >= 0.3 is 0 Å². The molecule has 1 fully saturated rings. The molecule has 2 aliphatic rings. The molecule has 1 aromatic heterocycles. The van der Waals surface area contributed by atoms with Crippen molar-refractivity contribution in [3.63, 3.8) is 0 Å². The number of carbonyl (C=O) groups is 1. The van der Waals surface area contributed by atoms with Crippen LogP contribution in [0.25, 0.3) is 16.1 Å². The maximum Gasteiger partial charge on any atom is 0.225 e. The number of anilines is 1. The monoisotopic (exact) mass is 474 g/mol. The Balaban J connectivity index is 1.39. The van der Waals surface area contributed by atoms with Gasteiger partial charge in [0.25, 0.3) is 0 Å². The normalized spacial score (nSPS) is 18.2. The van der Waals surface area contributed by atoms with E-state index in [1.807, 2.05) is 53.6 Å². The summed E-state index contributed by atoms with van der Waals surface area (Å²) in [6.07, 6.45) is 3.07. The molecule has 35 heavy (non-hydrogen) atoms. The summed E-state index contributed by atoms with van der Waals surface area (Å²) in [5.74, 6) is 2.05. The lowest BCUT2D eigenvalue weighted by molar-refractivity contribution is -0.136. The smallest absolute Gasteiger partial charge is 0.225 e. The van der Waals surface area contributed by atoms with Crippen molar-refractivity contribution in [1.29, 1.82) is 0 Å². The van der Waals surface area contributed by atoms with Crippen LogP contribution >= 0.6 is 0 Å². The van der Waals surface area contributed by atoms with Crippen molar-refractivity contribution >= 4 is 11.6 Å². The SMILES string of the molecule is COc1cc(CN2CCC3(CC2=O)Nc2cc(OCN=[N+]=[N-])ccc2-n2cccc23)cc(OC)c1. The number of benzene rings is 2. The van der Waals surface area contributed by atoms with Crippen LogP contribution in [0.3, 0.4) is 0 Å². The highest BCUT2D eigenvalue weighted by atomic mass is 16.5. The van der Waals surface area contributed by atoms with E-state index in [-0.39, 0.29) is 12.6 Å². The Morgan fingerprint density at radius 2 is 1.91 bits per heavy atom. The first kappa shape index (κ1) is 22.5. The van der Waals surface area contributed by atoms with Crippen LogP contribution in [0.5, 0.6) is 17.2 Å². The van der Waals surface area contributed by atoms with Crippen molar-refractivity contribution in [2.75, 3.05) is 32.8 Å². The number of azide groups is 1. The van der Waals surface area contributed by atoms with E-state index in [9.17, 15) is 4.79 Å². The van der Waals surface area contributed by atoms with E-state index >= 15 is 0 Å². The summed E-state index contributed by atoms with van der Waals surface area (Å²) in [5.41, 5.74) is 11.8. The minimum atomic E-state index is -0.528. The first-order chi connectivity index (χ1) is 17.0. The molecule has 1 N–H and O–H groups in total. The van der Waals surface area contributed by atoms with E-state index in [2.05, 4.69) is 26.0 Å². The number of ether oxygens (including phenoxy) is 3. The number of nitrogens with zero attached hydrogens (tertiary/aromatic N) is 5. The van der Waals surface area contributed by atoms with Gasteiger partial charge in [0.05, 0.1) is 37.6 Å². The molecule has 1 amide bonds. The van der Waals surface area contributed by atoms with Crippen molar-refractivity contribution < 1.29 is 19.0 Å². The van der Waals surface area contributed by atoms with Crippen molar-refractivity contribution in [1.82, 2.24) is 9.47 Å². The van der Waals surface area contributed by atoms with Crippen LogP contribution in [0.4, 0.5) is 5.69 Å². The minimum Gasteiger partial charge on any atom is -0.497 e. The zero-order valence-corrected chi connectivity index (χ0v) is 19.6. The molecule has 2 aromatic carbocycles. The molecule has 1 spiro atoms. The third kappa shape index (κ3) is 4.20. The Morgan fingerprint density at radius 3 is 2.63 bits per heavy atom. The van der Waals surface area contributed by atoms with Gasteiger partial charge in [-0.05, 0) is 53.9 Å². The predicted octanol–water partition coefficient (Wildman–Crippen LogP) is 4.58. The molecule has 3 aromatic rings. The maximum atomic E-state index is 13.4. The van der Waals surface area contributed by atoms with Gasteiger partial charge in [0.2, 0.25) is 5.91 Å². The highest BCUT2D eigenvalue weighted by molar-refractivity contribution is 5.81. The molecule has 1 unspecified atom stereocenters. The van der Waals surface area contributed by atoms with Gasteiger partial charge in [0.1, 0.15) is 17.2 Å². The van der Waals surface area contributed by atoms with E-state index in [1.54, 1.807) is 14.2 Å². The highest BCUT2D eigenvalue weighted by Crippen LogP contribution is 2.45. The molecule has 1 atom stereocenters. The Labute approximate surface area is 202 Å². The van der Waals surface area contributed by atoms with E-state index in [1.165, 1.54) is 0 Å². The maximum absolute atomic E-state index is 13.4. The van der Waals surface area contributed by atoms with Crippen LogP contribution < -0.4 is 19.5 Å². The number of methoxy groups -OCH3 is 2. The Kier molecular flexibility index (Phi) is 5.88. The molecule has 0 bridgehead atoms. The standard InChI is InChI=1S/C25H26N6O4/c1-33-19-10-17(11-20(12-19)34-2)15-30-9-7-25(14-24(30)32)23-4-3-8-31(23)22-6-5-18(13-21(22)28-25)35-16-27-29-26/h3-6,8,10-13,28H,7,9,14-16H2,1-2H3. The largest absolute Gasteiger partial charge is 0.497 e. The lowest BCUT2D eigenvalue weighted by Gasteiger charge is -2.45. The minimum absolute atomic E-state index is 0.0671. The van der Waals surface area contributed by atoms with Crippen LogP contribution in [-0.2, 0) is 16.9 Å². The number of likely N-dealkylation sites (tertiary alicyclic amines) is 1. The average molecular weight is 475 g/mol. The summed E-state index contributed by atoms with van der Waals surface area (Å²) >= 11 is 0. The van der Waals surface area contributed by atoms with Crippen molar-refractivity contribution in [2.45, 2.75) is 24.9 Å². The average Bonchev–Trinajstić information content (AvgIpc) is 3.37. The van der Waals surface area contributed by atoms with Gasteiger partial charge in [-0.1, -0.05) is 5.11 Å². The number of amides is 1. The number of fused-ring (bicyclic) bond motifs is 4. The van der Waals surface area contributed by atoms with Crippen molar-refractivity contribution in [3.05, 3.63) is 76.4 Å². The third-order valence-corrected chi connectivity index (χ3v) is 6.59. The van der Waals surface area contributed by atoms with E-state index in [4.69, 9.17) is 19.7 Å². The van der Waals surface area contributed by atoms with Gasteiger partial charge in [0, 0.05) is 42.0 Å². The molecular weight excluding hydrogens is 448 g/mol. The highest BCUT2D eigenvalue weighted by Gasteiger charge is 2.44. The second-order valence-corrected chi connectivity index (χ2v) is 8.62. The molecule has 5 rings (SSSR count). The molecule has 1 saturated heterocycles. The second kappa shape index (κ2) is 9.15. The van der Waals surface area contributed by atoms with Crippen molar-refractivity contribution in [2.24, 2.45) is 5.11 Å². The van der Waals surface area contributed by atoms with Gasteiger partial charge in [-0.3, -0.25) is 4.79 Å². The van der Waals surface area contributed by atoms with Gasteiger partial charge in [-0.2, -0.15) is 0 Å². The number of rotatable bonds is 7. The fourth-order valence-electron chi connectivity index (χ4n) is 4.93. The van der Waals surface area contributed by atoms with Crippen LogP contribution in [0, 0.1) is 0 Å². The summed E-state index contributed by atoms with van der Waals surface area (Å²) in [6.45, 7) is 0.994. The fourth-order valence-corrected chi connectivity index (χ4v) is 4.93. The van der Waals surface area contributed by atoms with Gasteiger partial charge < -0.3 is 29.0 Å². The predicted molar refractivity (Wildman–Crippen MR) is 130 cm³/mol. The lowest BCUT2D eigenvalue weighted by atomic mass is 9.82. The number of piperidine rings is 1. The van der Waals surface area contributed by atoms with E-state index < -0.39 is 5.54 Å². The van der Waals surface area contributed by atoms with Crippen LogP contribution in [0.15, 0.2) is 59.8 Å². The van der Waals surface area contributed by atoms with Crippen LogP contribution in [0.2, 0.25) is 0 Å². The van der Waals surface area contributed by atoms with Crippen LogP contribution in [-0.4, -0.2) is 42.9 Å². The first-order valence-electron chi connectivity index (χ1n) is 11.3. The topological polar surface area (TPSA) is 114 Å². The van der Waals surface area contributed by atoms with Crippen LogP contribution in [0.1, 0.15) is 24.1 Å². The molecule has 0 radical (unpaired) electrons. The quantitative estimate of drug-likeness (QED) is 0.306.